The van der Waals surface area contributed by atoms with E-state index in [2.05, 4.69) is 10.6 Å². The molecule has 4 aliphatic rings. The number of amides is 2. The van der Waals surface area contributed by atoms with Gasteiger partial charge in [-0.05, 0) is 62.7 Å². The van der Waals surface area contributed by atoms with Gasteiger partial charge in [-0.1, -0.05) is 0 Å². The Balaban J connectivity index is 1.58. The Morgan fingerprint density at radius 3 is 2.05 bits per heavy atom. The Labute approximate surface area is 113 Å². The summed E-state index contributed by atoms with van der Waals surface area (Å²) in [6.45, 7) is 1.48. The summed E-state index contributed by atoms with van der Waals surface area (Å²) in [6.07, 6.45) is 6.36. The van der Waals surface area contributed by atoms with Crippen molar-refractivity contribution < 1.29 is 14.7 Å². The van der Waals surface area contributed by atoms with E-state index >= 15 is 0 Å². The maximum atomic E-state index is 11.9. The van der Waals surface area contributed by atoms with E-state index in [1.54, 1.807) is 0 Å². The zero-order valence-corrected chi connectivity index (χ0v) is 11.3. The molecule has 1 unspecified atom stereocenters. The highest BCUT2D eigenvalue weighted by Crippen LogP contribution is 2.53. The van der Waals surface area contributed by atoms with Crippen LogP contribution in [0.2, 0.25) is 0 Å². The van der Waals surface area contributed by atoms with E-state index in [4.69, 9.17) is 5.11 Å². The van der Waals surface area contributed by atoms with Crippen molar-refractivity contribution in [2.24, 2.45) is 23.7 Å². The molecular formula is C14H22N2O3. The summed E-state index contributed by atoms with van der Waals surface area (Å²) < 4.78 is 0. The van der Waals surface area contributed by atoms with Crippen LogP contribution < -0.4 is 10.6 Å². The predicted molar refractivity (Wildman–Crippen MR) is 69.6 cm³/mol. The molecule has 4 rings (SSSR count). The number of nitrogens with one attached hydrogen (secondary N) is 2. The summed E-state index contributed by atoms with van der Waals surface area (Å²) in [5, 5.41) is 14.3. The molecule has 4 aliphatic carbocycles. The second kappa shape index (κ2) is 4.69. The molecule has 106 valence electrons. The van der Waals surface area contributed by atoms with Crippen LogP contribution in [0.1, 0.15) is 39.0 Å². The SMILES string of the molecule is CC(NC(=O)NC1C2CC3CC(C2)CC1C3)C(=O)O. The van der Waals surface area contributed by atoms with Crippen molar-refractivity contribution in [3.05, 3.63) is 0 Å². The quantitative estimate of drug-likeness (QED) is 0.725. The number of carboxylic acid groups (broad SMARTS) is 1. The third-order valence-electron chi connectivity index (χ3n) is 5.24. The van der Waals surface area contributed by atoms with E-state index in [-0.39, 0.29) is 12.1 Å². The molecule has 0 spiro atoms. The number of carbonyl (C=O) groups is 2. The van der Waals surface area contributed by atoms with Crippen LogP contribution in [0.15, 0.2) is 0 Å². The van der Waals surface area contributed by atoms with Crippen LogP contribution in [0, 0.1) is 23.7 Å². The monoisotopic (exact) mass is 266 g/mol. The van der Waals surface area contributed by atoms with Crippen LogP contribution in [0.25, 0.3) is 0 Å². The Hall–Kier alpha value is -1.26. The van der Waals surface area contributed by atoms with Gasteiger partial charge in [0.15, 0.2) is 0 Å². The predicted octanol–water partition coefficient (Wildman–Crippen LogP) is 1.58. The minimum atomic E-state index is -1.000. The van der Waals surface area contributed by atoms with Gasteiger partial charge in [0.25, 0.3) is 0 Å². The van der Waals surface area contributed by atoms with Crippen LogP contribution >= 0.6 is 0 Å². The second-order valence-electron chi connectivity index (χ2n) is 6.63. The third-order valence-corrected chi connectivity index (χ3v) is 5.24. The van der Waals surface area contributed by atoms with Gasteiger partial charge in [0.1, 0.15) is 6.04 Å². The summed E-state index contributed by atoms with van der Waals surface area (Å²) in [5.41, 5.74) is 0. The molecule has 0 aromatic rings. The molecule has 0 aromatic carbocycles. The van der Waals surface area contributed by atoms with Crippen molar-refractivity contribution in [2.75, 3.05) is 0 Å². The Morgan fingerprint density at radius 2 is 1.58 bits per heavy atom. The summed E-state index contributed by atoms with van der Waals surface area (Å²) >= 11 is 0. The lowest BCUT2D eigenvalue weighted by Crippen LogP contribution is -2.58. The summed E-state index contributed by atoms with van der Waals surface area (Å²) in [4.78, 5) is 22.6. The Morgan fingerprint density at radius 1 is 1.05 bits per heavy atom. The van der Waals surface area contributed by atoms with Crippen molar-refractivity contribution >= 4 is 12.0 Å². The average Bonchev–Trinajstić information content (AvgIpc) is 2.32. The molecule has 0 aromatic heterocycles. The van der Waals surface area contributed by atoms with E-state index in [0.717, 1.165) is 11.8 Å². The zero-order chi connectivity index (χ0) is 13.6. The van der Waals surface area contributed by atoms with E-state index in [1.165, 1.54) is 39.0 Å². The number of hydrogen-bond donors (Lipinski definition) is 3. The molecule has 4 fully saturated rings. The van der Waals surface area contributed by atoms with E-state index in [9.17, 15) is 9.59 Å². The molecule has 0 aliphatic heterocycles. The van der Waals surface area contributed by atoms with Gasteiger partial charge in [0.05, 0.1) is 0 Å². The zero-order valence-electron chi connectivity index (χ0n) is 11.3. The number of rotatable bonds is 3. The van der Waals surface area contributed by atoms with Gasteiger partial charge < -0.3 is 15.7 Å². The largest absolute Gasteiger partial charge is 0.480 e. The average molecular weight is 266 g/mol. The smallest absolute Gasteiger partial charge is 0.325 e. The van der Waals surface area contributed by atoms with E-state index in [1.807, 2.05) is 0 Å². The van der Waals surface area contributed by atoms with E-state index in [0.29, 0.717) is 11.8 Å². The Bertz CT molecular complexity index is 368. The first kappa shape index (κ1) is 12.8. The van der Waals surface area contributed by atoms with Crippen molar-refractivity contribution in [3.8, 4) is 0 Å². The maximum absolute atomic E-state index is 11.9. The molecule has 3 N–H and O–H groups in total. The van der Waals surface area contributed by atoms with Gasteiger partial charge in [-0.3, -0.25) is 4.79 Å². The lowest BCUT2D eigenvalue weighted by molar-refractivity contribution is -0.138. The minimum Gasteiger partial charge on any atom is -0.480 e. The fourth-order valence-electron chi connectivity index (χ4n) is 4.61. The van der Waals surface area contributed by atoms with Crippen LogP contribution in [0.5, 0.6) is 0 Å². The normalized spacial score (nSPS) is 40.8. The highest BCUT2D eigenvalue weighted by atomic mass is 16.4. The topological polar surface area (TPSA) is 78.4 Å². The highest BCUT2D eigenvalue weighted by molar-refractivity contribution is 5.82. The van der Waals surface area contributed by atoms with Crippen LogP contribution in [-0.2, 0) is 4.79 Å². The molecule has 5 nitrogen and oxygen atoms in total. The first-order chi connectivity index (χ1) is 9.02. The third kappa shape index (κ3) is 2.42. The van der Waals surface area contributed by atoms with Gasteiger partial charge in [-0.15, -0.1) is 0 Å². The molecule has 0 radical (unpaired) electrons. The first-order valence-electron chi connectivity index (χ1n) is 7.32. The number of urea groups is 1. The molecule has 1 atom stereocenters. The molecule has 2 amide bonds. The lowest BCUT2D eigenvalue weighted by Gasteiger charge is -2.54. The fraction of sp³-hybridized carbons (Fsp3) is 0.857. The summed E-state index contributed by atoms with van der Waals surface area (Å²) in [5.74, 6) is 1.98. The summed E-state index contributed by atoms with van der Waals surface area (Å²) in [7, 11) is 0. The molecule has 0 heterocycles. The second-order valence-corrected chi connectivity index (χ2v) is 6.63. The number of hydrogen-bond acceptors (Lipinski definition) is 2. The lowest BCUT2D eigenvalue weighted by atomic mass is 9.54. The van der Waals surface area contributed by atoms with Crippen molar-refractivity contribution in [3.63, 3.8) is 0 Å². The van der Waals surface area contributed by atoms with Crippen molar-refractivity contribution in [1.82, 2.24) is 10.6 Å². The minimum absolute atomic E-state index is 0.258. The molecular weight excluding hydrogens is 244 g/mol. The van der Waals surface area contributed by atoms with Crippen molar-refractivity contribution in [2.45, 2.75) is 51.1 Å². The van der Waals surface area contributed by atoms with Crippen molar-refractivity contribution in [1.29, 1.82) is 0 Å². The van der Waals surface area contributed by atoms with E-state index < -0.39 is 12.0 Å². The van der Waals surface area contributed by atoms with Gasteiger partial charge in [-0.25, -0.2) is 4.79 Å². The fourth-order valence-corrected chi connectivity index (χ4v) is 4.61. The van der Waals surface area contributed by atoms with Gasteiger partial charge >= 0.3 is 12.0 Å². The molecule has 0 saturated heterocycles. The number of carboxylic acids is 1. The molecule has 19 heavy (non-hydrogen) atoms. The molecule has 5 heteroatoms. The van der Waals surface area contributed by atoms with Crippen LogP contribution in [-0.4, -0.2) is 29.2 Å². The first-order valence-corrected chi connectivity index (χ1v) is 7.32. The maximum Gasteiger partial charge on any atom is 0.325 e. The molecule has 4 saturated carbocycles. The number of aliphatic carboxylic acids is 1. The molecule has 4 bridgehead atoms. The van der Waals surface area contributed by atoms with Gasteiger partial charge in [-0.2, -0.15) is 0 Å². The number of carbonyl (C=O) groups excluding carboxylic acids is 1. The highest BCUT2D eigenvalue weighted by Gasteiger charge is 2.48. The van der Waals surface area contributed by atoms with Gasteiger partial charge in [0, 0.05) is 6.04 Å². The summed E-state index contributed by atoms with van der Waals surface area (Å²) in [6, 6.07) is -0.905. The van der Waals surface area contributed by atoms with Crippen LogP contribution in [0.4, 0.5) is 4.79 Å². The Kier molecular flexibility index (Phi) is 3.15. The standard InChI is InChI=1S/C14H22N2O3/c1-7(13(17)18)15-14(19)16-12-10-3-8-2-9(5-10)6-11(12)4-8/h7-12H,2-6H2,1H3,(H,17,18)(H2,15,16,19). The van der Waals surface area contributed by atoms with Gasteiger partial charge in [0.2, 0.25) is 0 Å². The van der Waals surface area contributed by atoms with Crippen LogP contribution in [0.3, 0.4) is 0 Å².